The van der Waals surface area contributed by atoms with Crippen LogP contribution in [0.5, 0.6) is 0 Å². The van der Waals surface area contributed by atoms with Crippen LogP contribution in [-0.2, 0) is 0 Å². The predicted octanol–water partition coefficient (Wildman–Crippen LogP) is 1.65. The Labute approximate surface area is 116 Å². The third-order valence-electron chi connectivity index (χ3n) is 3.41. The molecule has 1 aliphatic rings. The molecule has 0 unspecified atom stereocenters. The van der Waals surface area contributed by atoms with Gasteiger partial charge in [-0.25, -0.2) is 0 Å². The van der Waals surface area contributed by atoms with Crippen LogP contribution in [-0.4, -0.2) is 58.1 Å². The van der Waals surface area contributed by atoms with E-state index in [2.05, 4.69) is 44.9 Å². The Bertz CT molecular complexity index is 435. The molecule has 1 fully saturated rings. The molecule has 6 heteroatoms. The molecule has 0 radical (unpaired) electrons. The van der Waals surface area contributed by atoms with E-state index in [0.717, 1.165) is 36.3 Å². The van der Waals surface area contributed by atoms with E-state index in [1.54, 1.807) is 0 Å². The lowest BCUT2D eigenvalue weighted by Gasteiger charge is -2.36. The molecule has 18 heavy (non-hydrogen) atoms. The van der Waals surface area contributed by atoms with E-state index in [9.17, 15) is 4.79 Å². The molecule has 0 aromatic carbocycles. The van der Waals surface area contributed by atoms with Crippen molar-refractivity contribution in [1.82, 2.24) is 20.0 Å². The van der Waals surface area contributed by atoms with E-state index in [0.29, 0.717) is 11.7 Å². The lowest BCUT2D eigenvalue weighted by atomic mass is 10.2. The Morgan fingerprint density at radius 3 is 2.39 bits per heavy atom. The van der Waals surface area contributed by atoms with Gasteiger partial charge >= 0.3 is 0 Å². The van der Waals surface area contributed by atoms with Crippen LogP contribution in [0.2, 0.25) is 0 Å². The van der Waals surface area contributed by atoms with Gasteiger partial charge in [-0.05, 0) is 36.7 Å². The number of aromatic nitrogens is 2. The molecule has 1 amide bonds. The number of nitrogens with one attached hydrogen (secondary N) is 1. The van der Waals surface area contributed by atoms with Gasteiger partial charge in [-0.1, -0.05) is 0 Å². The highest BCUT2D eigenvalue weighted by molar-refractivity contribution is 9.10. The van der Waals surface area contributed by atoms with E-state index in [4.69, 9.17) is 0 Å². The van der Waals surface area contributed by atoms with E-state index in [1.165, 1.54) is 0 Å². The van der Waals surface area contributed by atoms with Crippen molar-refractivity contribution < 1.29 is 4.79 Å². The Morgan fingerprint density at radius 1 is 1.33 bits per heavy atom. The van der Waals surface area contributed by atoms with Crippen molar-refractivity contribution in [3.63, 3.8) is 0 Å². The number of nitrogens with zero attached hydrogens (tertiary/aromatic N) is 3. The van der Waals surface area contributed by atoms with Gasteiger partial charge in [0.05, 0.1) is 4.47 Å². The first-order valence-electron chi connectivity index (χ1n) is 6.24. The number of aryl methyl sites for hydroxylation is 1. The number of rotatable bonds is 2. The van der Waals surface area contributed by atoms with Gasteiger partial charge in [0, 0.05) is 37.9 Å². The molecular formula is C12H19BrN4O. The van der Waals surface area contributed by atoms with Gasteiger partial charge in [-0.3, -0.25) is 14.8 Å². The van der Waals surface area contributed by atoms with Crippen LogP contribution in [0.25, 0.3) is 0 Å². The first-order valence-corrected chi connectivity index (χ1v) is 7.03. The van der Waals surface area contributed by atoms with Crippen LogP contribution in [0.4, 0.5) is 0 Å². The Hall–Kier alpha value is -0.880. The van der Waals surface area contributed by atoms with E-state index in [-0.39, 0.29) is 5.91 Å². The number of carbonyl (C=O) groups is 1. The summed E-state index contributed by atoms with van der Waals surface area (Å²) in [6.45, 7) is 9.68. The second kappa shape index (κ2) is 5.40. The third kappa shape index (κ3) is 2.59. The quantitative estimate of drug-likeness (QED) is 0.903. The molecule has 1 aromatic rings. The van der Waals surface area contributed by atoms with Gasteiger partial charge in [0.15, 0.2) is 5.69 Å². The third-order valence-corrected chi connectivity index (χ3v) is 4.38. The monoisotopic (exact) mass is 314 g/mol. The van der Waals surface area contributed by atoms with Crippen LogP contribution < -0.4 is 0 Å². The van der Waals surface area contributed by atoms with Gasteiger partial charge < -0.3 is 4.90 Å². The van der Waals surface area contributed by atoms with Crippen molar-refractivity contribution in [3.05, 3.63) is 15.9 Å². The summed E-state index contributed by atoms with van der Waals surface area (Å²) in [6, 6.07) is 0.543. The molecule has 1 aliphatic heterocycles. The molecular weight excluding hydrogens is 296 g/mol. The fourth-order valence-electron chi connectivity index (χ4n) is 2.15. The van der Waals surface area contributed by atoms with Crippen molar-refractivity contribution >= 4 is 21.8 Å². The number of hydrogen-bond donors (Lipinski definition) is 1. The molecule has 2 heterocycles. The number of hydrogen-bond acceptors (Lipinski definition) is 3. The second-order valence-electron chi connectivity index (χ2n) is 4.93. The van der Waals surface area contributed by atoms with Gasteiger partial charge in [0.1, 0.15) is 0 Å². The normalized spacial score (nSPS) is 17.5. The molecule has 0 saturated carbocycles. The molecule has 0 spiro atoms. The summed E-state index contributed by atoms with van der Waals surface area (Å²) in [5, 5.41) is 6.90. The number of halogens is 1. The molecule has 2 rings (SSSR count). The van der Waals surface area contributed by atoms with Crippen molar-refractivity contribution in [2.24, 2.45) is 0 Å². The van der Waals surface area contributed by atoms with Crippen LogP contribution in [0.1, 0.15) is 30.0 Å². The number of amides is 1. The molecule has 0 aliphatic carbocycles. The number of aromatic amines is 1. The largest absolute Gasteiger partial charge is 0.335 e. The number of carbonyl (C=O) groups excluding carboxylic acids is 1. The van der Waals surface area contributed by atoms with Gasteiger partial charge in [0.2, 0.25) is 0 Å². The predicted molar refractivity (Wildman–Crippen MR) is 73.6 cm³/mol. The van der Waals surface area contributed by atoms with Crippen LogP contribution in [0.3, 0.4) is 0 Å². The van der Waals surface area contributed by atoms with Crippen molar-refractivity contribution in [2.75, 3.05) is 26.2 Å². The molecule has 5 nitrogen and oxygen atoms in total. The Kier molecular flexibility index (Phi) is 4.07. The highest BCUT2D eigenvalue weighted by atomic mass is 79.9. The fraction of sp³-hybridized carbons (Fsp3) is 0.667. The maximum atomic E-state index is 12.3. The minimum absolute atomic E-state index is 0.00892. The average molecular weight is 315 g/mol. The minimum Gasteiger partial charge on any atom is -0.335 e. The molecule has 0 bridgehead atoms. The first-order chi connectivity index (χ1) is 8.50. The average Bonchev–Trinajstić information content (AvgIpc) is 2.69. The summed E-state index contributed by atoms with van der Waals surface area (Å²) in [5.74, 6) is 0.00892. The molecule has 100 valence electrons. The second-order valence-corrected chi connectivity index (χ2v) is 5.73. The number of H-pyrrole nitrogens is 1. The topological polar surface area (TPSA) is 52.2 Å². The summed E-state index contributed by atoms with van der Waals surface area (Å²) in [4.78, 5) is 16.6. The fourth-order valence-corrected chi connectivity index (χ4v) is 2.50. The van der Waals surface area contributed by atoms with Crippen LogP contribution >= 0.6 is 15.9 Å². The Morgan fingerprint density at radius 2 is 1.94 bits per heavy atom. The van der Waals surface area contributed by atoms with Crippen LogP contribution in [0.15, 0.2) is 4.47 Å². The highest BCUT2D eigenvalue weighted by Crippen LogP contribution is 2.20. The first kappa shape index (κ1) is 13.5. The van der Waals surface area contributed by atoms with E-state index >= 15 is 0 Å². The summed E-state index contributed by atoms with van der Waals surface area (Å²) in [7, 11) is 0. The minimum atomic E-state index is 0.00892. The molecule has 1 saturated heterocycles. The van der Waals surface area contributed by atoms with Crippen molar-refractivity contribution in [2.45, 2.75) is 26.8 Å². The Balaban J connectivity index is 2.02. The smallest absolute Gasteiger partial charge is 0.275 e. The zero-order valence-corrected chi connectivity index (χ0v) is 12.6. The maximum absolute atomic E-state index is 12.3. The molecule has 1 aromatic heterocycles. The zero-order chi connectivity index (χ0) is 13.3. The highest BCUT2D eigenvalue weighted by Gasteiger charge is 2.26. The van der Waals surface area contributed by atoms with Gasteiger partial charge in [-0.15, -0.1) is 0 Å². The molecule has 0 atom stereocenters. The number of piperazine rings is 1. The zero-order valence-electron chi connectivity index (χ0n) is 11.0. The van der Waals surface area contributed by atoms with E-state index < -0.39 is 0 Å². The molecule has 1 N–H and O–H groups in total. The van der Waals surface area contributed by atoms with Gasteiger partial charge in [0.25, 0.3) is 5.91 Å². The summed E-state index contributed by atoms with van der Waals surface area (Å²) >= 11 is 3.40. The van der Waals surface area contributed by atoms with Crippen molar-refractivity contribution in [3.8, 4) is 0 Å². The summed E-state index contributed by atoms with van der Waals surface area (Å²) in [5.41, 5.74) is 1.38. The SMILES string of the molecule is Cc1[nH]nc(C(=O)N2CCN(C(C)C)CC2)c1Br. The van der Waals surface area contributed by atoms with Crippen molar-refractivity contribution in [1.29, 1.82) is 0 Å². The lowest BCUT2D eigenvalue weighted by Crippen LogP contribution is -2.50. The maximum Gasteiger partial charge on any atom is 0.275 e. The van der Waals surface area contributed by atoms with E-state index in [1.807, 2.05) is 11.8 Å². The summed E-state index contributed by atoms with van der Waals surface area (Å²) in [6.07, 6.45) is 0. The van der Waals surface area contributed by atoms with Gasteiger partial charge in [-0.2, -0.15) is 5.10 Å². The van der Waals surface area contributed by atoms with Crippen LogP contribution in [0, 0.1) is 6.92 Å². The lowest BCUT2D eigenvalue weighted by molar-refractivity contribution is 0.0589. The summed E-state index contributed by atoms with van der Waals surface area (Å²) < 4.78 is 0.777. The standard InChI is InChI=1S/C12H19BrN4O/c1-8(2)16-4-6-17(7-5-16)12(18)11-10(13)9(3)14-15-11/h8H,4-7H2,1-3H3,(H,14,15).